The van der Waals surface area contributed by atoms with Crippen LogP contribution in [0.1, 0.15) is 25.7 Å². The molecule has 5 heteroatoms. The van der Waals surface area contributed by atoms with Crippen molar-refractivity contribution in [2.75, 3.05) is 18.0 Å². The minimum atomic E-state index is -0.372. The van der Waals surface area contributed by atoms with Crippen LogP contribution in [0.5, 0.6) is 0 Å². The Balaban J connectivity index is 1.72. The highest BCUT2D eigenvalue weighted by Crippen LogP contribution is 2.30. The molecule has 0 amide bonds. The molecular weight excluding hydrogens is 219 g/mol. The fourth-order valence-corrected chi connectivity index (χ4v) is 2.38. The van der Waals surface area contributed by atoms with Crippen molar-refractivity contribution in [1.82, 2.24) is 15.3 Å². The minimum Gasteiger partial charge on any atom is -0.336 e. The standard InChI is InChI=1S/C12H17FN4/c13-9-6-15-12(16-7-9)17(11-3-4-11)8-10-2-1-5-14-10/h6-7,10-11,14H,1-5,8H2. The summed E-state index contributed by atoms with van der Waals surface area (Å²) >= 11 is 0. The van der Waals surface area contributed by atoms with Gasteiger partial charge in [0.25, 0.3) is 0 Å². The van der Waals surface area contributed by atoms with Gasteiger partial charge in [0.2, 0.25) is 5.95 Å². The number of nitrogens with zero attached hydrogens (tertiary/aromatic N) is 3. The number of hydrogen-bond donors (Lipinski definition) is 1. The maximum absolute atomic E-state index is 12.8. The van der Waals surface area contributed by atoms with E-state index in [1.54, 1.807) is 0 Å². The van der Waals surface area contributed by atoms with E-state index in [1.165, 1.54) is 38.1 Å². The highest BCUT2D eigenvalue weighted by molar-refractivity contribution is 5.33. The Morgan fingerprint density at radius 1 is 1.29 bits per heavy atom. The molecule has 1 aliphatic heterocycles. The molecule has 92 valence electrons. The van der Waals surface area contributed by atoms with E-state index < -0.39 is 0 Å². The zero-order valence-corrected chi connectivity index (χ0v) is 9.77. The van der Waals surface area contributed by atoms with Crippen LogP contribution in [-0.2, 0) is 0 Å². The fraction of sp³-hybridized carbons (Fsp3) is 0.667. The SMILES string of the molecule is Fc1cnc(N(CC2CCCN2)C2CC2)nc1. The highest BCUT2D eigenvalue weighted by Gasteiger charge is 2.32. The normalized spacial score (nSPS) is 23.9. The van der Waals surface area contributed by atoms with Gasteiger partial charge in [-0.15, -0.1) is 0 Å². The minimum absolute atomic E-state index is 0.372. The van der Waals surface area contributed by atoms with E-state index in [1.807, 2.05) is 0 Å². The first kappa shape index (κ1) is 10.9. The summed E-state index contributed by atoms with van der Waals surface area (Å²) in [5, 5.41) is 3.48. The lowest BCUT2D eigenvalue weighted by Crippen LogP contribution is -2.39. The molecule has 1 N–H and O–H groups in total. The van der Waals surface area contributed by atoms with E-state index in [0.717, 1.165) is 13.1 Å². The summed E-state index contributed by atoms with van der Waals surface area (Å²) in [7, 11) is 0. The largest absolute Gasteiger partial charge is 0.336 e. The number of anilines is 1. The van der Waals surface area contributed by atoms with Crippen molar-refractivity contribution in [3.05, 3.63) is 18.2 Å². The van der Waals surface area contributed by atoms with Crippen LogP contribution in [-0.4, -0.2) is 35.1 Å². The van der Waals surface area contributed by atoms with Gasteiger partial charge in [-0.05, 0) is 32.2 Å². The van der Waals surface area contributed by atoms with Crippen molar-refractivity contribution >= 4 is 5.95 Å². The summed E-state index contributed by atoms with van der Waals surface area (Å²) in [6, 6.07) is 1.09. The lowest BCUT2D eigenvalue weighted by molar-refractivity contribution is 0.566. The maximum atomic E-state index is 12.8. The van der Waals surface area contributed by atoms with Gasteiger partial charge >= 0.3 is 0 Å². The predicted octanol–water partition coefficient (Wildman–Crippen LogP) is 1.34. The van der Waals surface area contributed by atoms with Gasteiger partial charge < -0.3 is 10.2 Å². The summed E-state index contributed by atoms with van der Waals surface area (Å²) < 4.78 is 12.8. The number of rotatable bonds is 4. The molecule has 0 bridgehead atoms. The van der Waals surface area contributed by atoms with Crippen molar-refractivity contribution in [3.8, 4) is 0 Å². The van der Waals surface area contributed by atoms with E-state index in [-0.39, 0.29) is 5.82 Å². The number of hydrogen-bond acceptors (Lipinski definition) is 4. The van der Waals surface area contributed by atoms with Crippen LogP contribution in [0.2, 0.25) is 0 Å². The Hall–Kier alpha value is -1.23. The fourth-order valence-electron chi connectivity index (χ4n) is 2.38. The molecular formula is C12H17FN4. The molecule has 0 spiro atoms. The Morgan fingerprint density at radius 2 is 2.06 bits per heavy atom. The molecule has 3 rings (SSSR count). The van der Waals surface area contributed by atoms with E-state index in [4.69, 9.17) is 0 Å². The third-order valence-corrected chi connectivity index (χ3v) is 3.43. The summed E-state index contributed by atoms with van der Waals surface area (Å²) in [6.45, 7) is 2.05. The van der Waals surface area contributed by atoms with Gasteiger partial charge in [0.1, 0.15) is 0 Å². The molecule has 2 aliphatic rings. The monoisotopic (exact) mass is 236 g/mol. The van der Waals surface area contributed by atoms with Crippen LogP contribution >= 0.6 is 0 Å². The molecule has 2 heterocycles. The summed E-state index contributed by atoms with van der Waals surface area (Å²) in [4.78, 5) is 10.4. The Morgan fingerprint density at radius 3 is 2.65 bits per heavy atom. The van der Waals surface area contributed by atoms with Gasteiger partial charge in [0, 0.05) is 18.6 Å². The summed E-state index contributed by atoms with van der Waals surface area (Å²) in [5.74, 6) is 0.297. The third-order valence-electron chi connectivity index (χ3n) is 3.43. The Bertz CT molecular complexity index is 371. The van der Waals surface area contributed by atoms with Gasteiger partial charge in [0.15, 0.2) is 5.82 Å². The average molecular weight is 236 g/mol. The highest BCUT2D eigenvalue weighted by atomic mass is 19.1. The van der Waals surface area contributed by atoms with E-state index >= 15 is 0 Å². The third kappa shape index (κ3) is 2.54. The second kappa shape index (κ2) is 4.56. The topological polar surface area (TPSA) is 41.1 Å². The number of nitrogens with one attached hydrogen (secondary N) is 1. The average Bonchev–Trinajstić information content (AvgIpc) is 3.05. The van der Waals surface area contributed by atoms with Crippen LogP contribution in [0, 0.1) is 5.82 Å². The maximum Gasteiger partial charge on any atom is 0.225 e. The molecule has 1 saturated carbocycles. The summed E-state index contributed by atoms with van der Waals surface area (Å²) in [6.07, 6.45) is 7.36. The molecule has 1 saturated heterocycles. The van der Waals surface area contributed by atoms with Crippen molar-refractivity contribution in [3.63, 3.8) is 0 Å². The molecule has 1 atom stereocenters. The number of aromatic nitrogens is 2. The smallest absolute Gasteiger partial charge is 0.225 e. The van der Waals surface area contributed by atoms with Gasteiger partial charge in [0.05, 0.1) is 12.4 Å². The molecule has 4 nitrogen and oxygen atoms in total. The second-order valence-corrected chi connectivity index (χ2v) is 4.88. The van der Waals surface area contributed by atoms with Gasteiger partial charge in [-0.2, -0.15) is 0 Å². The zero-order chi connectivity index (χ0) is 11.7. The van der Waals surface area contributed by atoms with E-state index in [0.29, 0.717) is 18.0 Å². The molecule has 2 fully saturated rings. The van der Waals surface area contributed by atoms with E-state index in [2.05, 4.69) is 20.2 Å². The van der Waals surface area contributed by atoms with Gasteiger partial charge in [-0.3, -0.25) is 0 Å². The first-order chi connectivity index (χ1) is 8.33. The molecule has 1 aromatic rings. The Kier molecular flexibility index (Phi) is 2.93. The molecule has 1 unspecified atom stereocenters. The molecule has 1 aliphatic carbocycles. The lowest BCUT2D eigenvalue weighted by atomic mass is 10.2. The summed E-state index contributed by atoms with van der Waals surface area (Å²) in [5.41, 5.74) is 0. The lowest BCUT2D eigenvalue weighted by Gasteiger charge is -2.25. The Labute approximate surface area is 100 Å². The van der Waals surface area contributed by atoms with Gasteiger partial charge in [-0.25, -0.2) is 14.4 Å². The van der Waals surface area contributed by atoms with Crippen molar-refractivity contribution in [2.45, 2.75) is 37.8 Å². The van der Waals surface area contributed by atoms with Gasteiger partial charge in [-0.1, -0.05) is 0 Å². The van der Waals surface area contributed by atoms with Crippen molar-refractivity contribution < 1.29 is 4.39 Å². The van der Waals surface area contributed by atoms with Crippen LogP contribution in [0.3, 0.4) is 0 Å². The van der Waals surface area contributed by atoms with Crippen LogP contribution < -0.4 is 10.2 Å². The van der Waals surface area contributed by atoms with Crippen molar-refractivity contribution in [2.24, 2.45) is 0 Å². The predicted molar refractivity (Wildman–Crippen MR) is 63.4 cm³/mol. The number of halogens is 1. The molecule has 0 radical (unpaired) electrons. The first-order valence-corrected chi connectivity index (χ1v) is 6.30. The van der Waals surface area contributed by atoms with Crippen LogP contribution in [0.15, 0.2) is 12.4 Å². The van der Waals surface area contributed by atoms with Crippen LogP contribution in [0.4, 0.5) is 10.3 Å². The van der Waals surface area contributed by atoms with Crippen molar-refractivity contribution in [1.29, 1.82) is 0 Å². The first-order valence-electron chi connectivity index (χ1n) is 6.30. The van der Waals surface area contributed by atoms with Crippen LogP contribution in [0.25, 0.3) is 0 Å². The molecule has 1 aromatic heterocycles. The quantitative estimate of drug-likeness (QED) is 0.856. The second-order valence-electron chi connectivity index (χ2n) is 4.88. The molecule has 17 heavy (non-hydrogen) atoms. The molecule has 0 aromatic carbocycles. The van der Waals surface area contributed by atoms with E-state index in [9.17, 15) is 4.39 Å². The zero-order valence-electron chi connectivity index (χ0n) is 9.77.